The van der Waals surface area contributed by atoms with Gasteiger partial charge in [-0.2, -0.15) is 0 Å². The molecule has 0 fully saturated rings. The molecule has 0 aromatic heterocycles. The van der Waals surface area contributed by atoms with Crippen LogP contribution >= 0.6 is 11.6 Å². The van der Waals surface area contributed by atoms with E-state index in [1.54, 1.807) is 18.2 Å². The molecule has 0 saturated carbocycles. The maximum atomic E-state index is 12.1. The van der Waals surface area contributed by atoms with Gasteiger partial charge in [0, 0.05) is 28.3 Å². The van der Waals surface area contributed by atoms with E-state index in [1.165, 1.54) is 24.3 Å². The summed E-state index contributed by atoms with van der Waals surface area (Å²) < 4.78 is 5.42. The zero-order chi connectivity index (χ0) is 22.3. The fourth-order valence-electron chi connectivity index (χ4n) is 3.58. The van der Waals surface area contributed by atoms with Crippen LogP contribution in [0.2, 0.25) is 5.02 Å². The van der Waals surface area contributed by atoms with Gasteiger partial charge in [0.05, 0.1) is 4.92 Å². The molecule has 0 aliphatic carbocycles. The first-order valence-electron chi connectivity index (χ1n) is 9.22. The van der Waals surface area contributed by atoms with Crippen LogP contribution in [0.1, 0.15) is 16.7 Å². The zero-order valence-electron chi connectivity index (χ0n) is 16.2. The van der Waals surface area contributed by atoms with E-state index in [0.29, 0.717) is 0 Å². The van der Waals surface area contributed by atoms with Crippen LogP contribution in [-0.4, -0.2) is 21.1 Å². The molecule has 3 aromatic carbocycles. The number of hydrogen-bond donors (Lipinski definition) is 2. The summed E-state index contributed by atoms with van der Waals surface area (Å²) in [6, 6.07) is 17.9. The van der Waals surface area contributed by atoms with Gasteiger partial charge in [-0.15, -0.1) is 0 Å². The van der Waals surface area contributed by atoms with Gasteiger partial charge in [-0.05, 0) is 36.2 Å². The zero-order valence-corrected chi connectivity index (χ0v) is 17.0. The lowest BCUT2D eigenvalue weighted by atomic mass is 9.84. The van der Waals surface area contributed by atoms with Gasteiger partial charge in [0.1, 0.15) is 0 Å². The maximum absolute atomic E-state index is 12.1. The highest BCUT2D eigenvalue weighted by atomic mass is 35.5. The summed E-state index contributed by atoms with van der Waals surface area (Å²) in [7, 11) is 0. The smallest absolute Gasteiger partial charge is 0.378 e. The number of nitrogens with zero attached hydrogens (tertiary/aromatic N) is 1. The van der Waals surface area contributed by atoms with Gasteiger partial charge in [0.2, 0.25) is 11.4 Å². The normalized spacial score (nSPS) is 18.2. The Balaban J connectivity index is 1.88. The summed E-state index contributed by atoms with van der Waals surface area (Å²) in [6.07, 6.45) is 0. The molecule has 1 aliphatic heterocycles. The number of aryl methyl sites for hydroxylation is 1. The van der Waals surface area contributed by atoms with Crippen LogP contribution in [0.5, 0.6) is 0 Å². The quantitative estimate of drug-likeness (QED) is 0.323. The summed E-state index contributed by atoms with van der Waals surface area (Å²) in [5.41, 5.74) is 1.09. The molecule has 2 N–H and O–H groups in total. The van der Waals surface area contributed by atoms with Crippen molar-refractivity contribution in [1.82, 2.24) is 0 Å². The number of halogens is 1. The molecule has 1 heterocycles. The third kappa shape index (κ3) is 3.29. The van der Waals surface area contributed by atoms with E-state index in [0.717, 1.165) is 16.7 Å². The number of nitro benzene ring substituents is 1. The predicted molar refractivity (Wildman–Crippen MR) is 114 cm³/mol. The molecule has 156 valence electrons. The van der Waals surface area contributed by atoms with Crippen LogP contribution in [0.3, 0.4) is 0 Å². The number of carbonyl (C=O) groups excluding carboxylic acids is 1. The Labute approximate surface area is 181 Å². The third-order valence-electron chi connectivity index (χ3n) is 5.21. The number of esters is 1. The number of rotatable bonds is 4. The lowest BCUT2D eigenvalue weighted by Gasteiger charge is -2.29. The monoisotopic (exact) mass is 437 g/mol. The van der Waals surface area contributed by atoms with Crippen molar-refractivity contribution in [3.63, 3.8) is 0 Å². The van der Waals surface area contributed by atoms with Crippen molar-refractivity contribution < 1.29 is 24.7 Å². The molecular formula is C23H16ClNO6. The molecule has 3 aromatic rings. The lowest BCUT2D eigenvalue weighted by molar-refractivity contribution is -0.384. The minimum Gasteiger partial charge on any atom is -0.504 e. The lowest BCUT2D eigenvalue weighted by Crippen LogP contribution is -2.31. The molecule has 31 heavy (non-hydrogen) atoms. The third-order valence-corrected chi connectivity index (χ3v) is 5.53. The molecule has 0 saturated heterocycles. The van der Waals surface area contributed by atoms with Crippen LogP contribution < -0.4 is 0 Å². The van der Waals surface area contributed by atoms with Crippen molar-refractivity contribution >= 4 is 23.3 Å². The number of nitro groups is 1. The first-order valence-corrected chi connectivity index (χ1v) is 9.60. The van der Waals surface area contributed by atoms with Gasteiger partial charge in [0.15, 0.2) is 5.76 Å². The van der Waals surface area contributed by atoms with E-state index >= 15 is 0 Å². The van der Waals surface area contributed by atoms with Crippen LogP contribution in [0.25, 0.3) is 11.1 Å². The average Bonchev–Trinajstić information content (AvgIpc) is 2.99. The van der Waals surface area contributed by atoms with E-state index in [-0.39, 0.29) is 21.8 Å². The maximum Gasteiger partial charge on any atom is 0.378 e. The van der Waals surface area contributed by atoms with E-state index in [4.69, 9.17) is 16.3 Å². The van der Waals surface area contributed by atoms with Gasteiger partial charge in [0.25, 0.3) is 5.69 Å². The molecule has 0 radical (unpaired) electrons. The molecular weight excluding hydrogens is 422 g/mol. The first kappa shape index (κ1) is 20.4. The van der Waals surface area contributed by atoms with Crippen molar-refractivity contribution in [3.05, 3.63) is 110 Å². The van der Waals surface area contributed by atoms with E-state index < -0.39 is 28.0 Å². The van der Waals surface area contributed by atoms with Gasteiger partial charge in [-0.25, -0.2) is 4.79 Å². The van der Waals surface area contributed by atoms with E-state index in [1.807, 2.05) is 31.2 Å². The Bertz CT molecular complexity index is 1230. The number of benzene rings is 3. The number of hydrogen-bond acceptors (Lipinski definition) is 6. The summed E-state index contributed by atoms with van der Waals surface area (Å²) in [4.78, 5) is 22.5. The van der Waals surface area contributed by atoms with E-state index in [9.17, 15) is 25.1 Å². The Morgan fingerprint density at radius 3 is 2.10 bits per heavy atom. The molecule has 1 unspecified atom stereocenters. The van der Waals surface area contributed by atoms with Crippen LogP contribution in [0.15, 0.2) is 78.2 Å². The van der Waals surface area contributed by atoms with Gasteiger partial charge in [-0.3, -0.25) is 10.1 Å². The molecule has 8 heteroatoms. The highest BCUT2D eigenvalue weighted by Crippen LogP contribution is 2.48. The second-order valence-corrected chi connectivity index (χ2v) is 7.54. The molecule has 0 bridgehead atoms. The van der Waals surface area contributed by atoms with Crippen molar-refractivity contribution in [3.8, 4) is 11.1 Å². The predicted octanol–water partition coefficient (Wildman–Crippen LogP) is 5.35. The summed E-state index contributed by atoms with van der Waals surface area (Å²) in [5, 5.41) is 31.9. The van der Waals surface area contributed by atoms with Gasteiger partial charge < -0.3 is 14.9 Å². The summed E-state index contributed by atoms with van der Waals surface area (Å²) in [5.74, 6) is -2.82. The Hall–Kier alpha value is -3.84. The standard InChI is InChI=1S/C23H16ClNO6/c1-13-2-4-14(5-3-13)15-6-11-18(19(24)12-15)23(21(27)20(26)22(28)31-23)16-7-9-17(10-8-16)25(29)30/h2-12,26-27H,1H3. The number of non-ortho nitro benzene ring substituents is 1. The Morgan fingerprint density at radius 2 is 1.58 bits per heavy atom. The Morgan fingerprint density at radius 1 is 0.968 bits per heavy atom. The fraction of sp³-hybridized carbons (Fsp3) is 0.0870. The molecule has 0 spiro atoms. The first-order chi connectivity index (χ1) is 14.7. The number of aliphatic hydroxyl groups excluding tert-OH is 2. The number of carbonyl (C=O) groups is 1. The molecule has 1 aliphatic rings. The van der Waals surface area contributed by atoms with Crippen LogP contribution in [0, 0.1) is 17.0 Å². The number of ether oxygens (including phenoxy) is 1. The summed E-state index contributed by atoms with van der Waals surface area (Å²) in [6.45, 7) is 1.98. The fourth-order valence-corrected chi connectivity index (χ4v) is 3.89. The van der Waals surface area contributed by atoms with Crippen molar-refractivity contribution in [2.75, 3.05) is 0 Å². The second-order valence-electron chi connectivity index (χ2n) is 7.13. The van der Waals surface area contributed by atoms with E-state index in [2.05, 4.69) is 0 Å². The van der Waals surface area contributed by atoms with Crippen molar-refractivity contribution in [2.24, 2.45) is 0 Å². The minimum absolute atomic E-state index is 0.172. The molecule has 4 rings (SSSR count). The second kappa shape index (κ2) is 7.45. The van der Waals surface area contributed by atoms with Crippen LogP contribution in [-0.2, 0) is 15.1 Å². The summed E-state index contributed by atoms with van der Waals surface area (Å²) >= 11 is 6.56. The van der Waals surface area contributed by atoms with Crippen molar-refractivity contribution in [1.29, 1.82) is 0 Å². The number of aliphatic hydroxyl groups is 2. The average molecular weight is 438 g/mol. The highest BCUT2D eigenvalue weighted by Gasteiger charge is 2.53. The Kier molecular flexibility index (Phi) is 4.91. The molecule has 7 nitrogen and oxygen atoms in total. The number of cyclic esters (lactones) is 1. The minimum atomic E-state index is -1.93. The van der Waals surface area contributed by atoms with Gasteiger partial charge >= 0.3 is 5.97 Å². The topological polar surface area (TPSA) is 110 Å². The van der Waals surface area contributed by atoms with Gasteiger partial charge in [-0.1, -0.05) is 53.6 Å². The largest absolute Gasteiger partial charge is 0.504 e. The SMILES string of the molecule is Cc1ccc(-c2ccc(C3(c4ccc([N+](=O)[O-])cc4)OC(=O)C(O)=C3O)c(Cl)c2)cc1. The van der Waals surface area contributed by atoms with Crippen molar-refractivity contribution in [2.45, 2.75) is 12.5 Å². The molecule has 0 amide bonds. The van der Waals surface area contributed by atoms with Crippen LogP contribution in [0.4, 0.5) is 5.69 Å². The molecule has 1 atom stereocenters. The highest BCUT2D eigenvalue weighted by molar-refractivity contribution is 6.32.